The molecule has 2 aromatic heterocycles. The Bertz CT molecular complexity index is 1330. The maximum absolute atomic E-state index is 10.7. The molecule has 0 aliphatic carbocycles. The van der Waals surface area contributed by atoms with E-state index in [1.807, 2.05) is 36.4 Å². The molecule has 0 saturated carbocycles. The third-order valence-corrected chi connectivity index (χ3v) is 6.52. The van der Waals surface area contributed by atoms with Crippen LogP contribution in [0, 0.1) is 11.3 Å². The summed E-state index contributed by atoms with van der Waals surface area (Å²) in [6, 6.07) is 22.5. The number of nitrogens with zero attached hydrogens (tertiary/aromatic N) is 5. The van der Waals surface area contributed by atoms with Crippen molar-refractivity contribution in [1.29, 1.82) is 5.26 Å². The topological polar surface area (TPSA) is 138 Å². The van der Waals surface area contributed by atoms with Crippen LogP contribution in [0.3, 0.4) is 0 Å². The van der Waals surface area contributed by atoms with E-state index in [9.17, 15) is 15.5 Å². The highest BCUT2D eigenvalue weighted by atomic mass is 16.6. The molecule has 10 heteroatoms. The van der Waals surface area contributed by atoms with Gasteiger partial charge in [0.05, 0.1) is 25.4 Å². The van der Waals surface area contributed by atoms with Gasteiger partial charge in [0.15, 0.2) is 23.2 Å². The molecule has 0 radical (unpaired) electrons. The number of rotatable bonds is 9. The molecule has 1 saturated heterocycles. The van der Waals surface area contributed by atoms with Crippen LogP contribution in [0.1, 0.15) is 29.1 Å². The molecule has 3 N–H and O–H groups in total. The minimum atomic E-state index is -1.20. The fourth-order valence-corrected chi connectivity index (χ4v) is 4.68. The summed E-state index contributed by atoms with van der Waals surface area (Å²) >= 11 is 0. The average molecular weight is 501 g/mol. The summed E-state index contributed by atoms with van der Waals surface area (Å²) in [5.74, 6) is 0.836. The summed E-state index contributed by atoms with van der Waals surface area (Å²) in [4.78, 5) is 13.6. The lowest BCUT2D eigenvalue weighted by Crippen LogP contribution is -2.33. The van der Waals surface area contributed by atoms with E-state index in [-0.39, 0.29) is 18.9 Å². The lowest BCUT2D eigenvalue weighted by molar-refractivity contribution is -0.0580. The Hall–Kier alpha value is -3.88. The first-order chi connectivity index (χ1) is 18.1. The summed E-state index contributed by atoms with van der Waals surface area (Å²) in [5, 5.41) is 33.8. The molecule has 0 amide bonds. The standard InChI is InChI=1S/C27H28N6O4/c1-36-15-20-23(34)24(35)27(37-20)33-16-30-22-25(31-21(12-13-28)32-26(22)33)29-14-19(17-8-4-2-5-9-17)18-10-6-3-7-11-18/h2-11,16,19-20,23-24,27,34-35H,12,14-15H2,1H3,(H,29,31,32)/t20-,23-,24-,27-/m1/s1. The van der Waals surface area contributed by atoms with Crippen molar-refractivity contribution >= 4 is 17.0 Å². The molecule has 0 bridgehead atoms. The van der Waals surface area contributed by atoms with Gasteiger partial charge in [0.2, 0.25) is 0 Å². The predicted octanol–water partition coefficient (Wildman–Crippen LogP) is 2.40. The number of ether oxygens (including phenoxy) is 2. The Balaban J connectivity index is 1.49. The number of imidazole rings is 1. The summed E-state index contributed by atoms with van der Waals surface area (Å²) in [6.07, 6.45) is -2.44. The van der Waals surface area contributed by atoms with Crippen molar-refractivity contribution in [3.63, 3.8) is 0 Å². The van der Waals surface area contributed by atoms with E-state index in [0.717, 1.165) is 11.1 Å². The number of methoxy groups -OCH3 is 1. The Labute approximate surface area is 214 Å². The molecule has 2 aromatic carbocycles. The number of aliphatic hydroxyl groups excluding tert-OH is 2. The zero-order chi connectivity index (χ0) is 25.8. The molecule has 1 aliphatic rings. The SMILES string of the molecule is COC[C@H]1O[C@@H](n2cnc3c(NCC(c4ccccc4)c4ccccc4)nc(CC#N)nc32)[C@H](O)[C@@H]1O. The van der Waals surface area contributed by atoms with Crippen LogP contribution in [0.5, 0.6) is 0 Å². The summed E-state index contributed by atoms with van der Waals surface area (Å²) in [7, 11) is 1.50. The van der Waals surface area contributed by atoms with Crippen LogP contribution in [0.25, 0.3) is 11.2 Å². The van der Waals surface area contributed by atoms with Crippen molar-refractivity contribution < 1.29 is 19.7 Å². The van der Waals surface area contributed by atoms with E-state index in [4.69, 9.17) is 9.47 Å². The monoisotopic (exact) mass is 500 g/mol. The molecular formula is C27H28N6O4. The van der Waals surface area contributed by atoms with Gasteiger partial charge in [-0.15, -0.1) is 0 Å². The molecule has 0 spiro atoms. The first kappa shape index (κ1) is 24.8. The van der Waals surface area contributed by atoms with Crippen LogP contribution in [0.2, 0.25) is 0 Å². The molecule has 4 atom stereocenters. The number of aromatic nitrogens is 4. The van der Waals surface area contributed by atoms with E-state index in [1.54, 1.807) is 4.57 Å². The molecule has 0 unspecified atom stereocenters. The van der Waals surface area contributed by atoms with Crippen LogP contribution in [-0.2, 0) is 15.9 Å². The molecule has 1 fully saturated rings. The van der Waals surface area contributed by atoms with E-state index < -0.39 is 24.5 Å². The Morgan fingerprint density at radius 2 is 1.73 bits per heavy atom. The highest BCUT2D eigenvalue weighted by molar-refractivity contribution is 5.83. The first-order valence-corrected chi connectivity index (χ1v) is 12.1. The second kappa shape index (κ2) is 11.0. The van der Waals surface area contributed by atoms with Gasteiger partial charge in [-0.3, -0.25) is 4.57 Å². The van der Waals surface area contributed by atoms with Gasteiger partial charge in [-0.25, -0.2) is 15.0 Å². The number of hydrogen-bond acceptors (Lipinski definition) is 9. The van der Waals surface area contributed by atoms with Gasteiger partial charge in [0, 0.05) is 19.6 Å². The minimum Gasteiger partial charge on any atom is -0.387 e. The van der Waals surface area contributed by atoms with Gasteiger partial charge in [0.25, 0.3) is 0 Å². The fourth-order valence-electron chi connectivity index (χ4n) is 4.68. The maximum atomic E-state index is 10.7. The summed E-state index contributed by atoms with van der Waals surface area (Å²) in [5.41, 5.74) is 3.17. The zero-order valence-corrected chi connectivity index (χ0v) is 20.3. The molecule has 190 valence electrons. The maximum Gasteiger partial charge on any atom is 0.168 e. The molecule has 4 aromatic rings. The van der Waals surface area contributed by atoms with Crippen molar-refractivity contribution in [2.75, 3.05) is 25.6 Å². The number of benzene rings is 2. The van der Waals surface area contributed by atoms with E-state index in [0.29, 0.717) is 29.4 Å². The minimum absolute atomic E-state index is 0.000396. The number of hydrogen-bond donors (Lipinski definition) is 3. The molecule has 3 heterocycles. The van der Waals surface area contributed by atoms with Crippen molar-refractivity contribution in [2.24, 2.45) is 0 Å². The third kappa shape index (κ3) is 5.03. The number of fused-ring (bicyclic) bond motifs is 1. The van der Waals surface area contributed by atoms with Crippen LogP contribution in [-0.4, -0.2) is 68.3 Å². The molecule has 5 rings (SSSR count). The molecule has 1 aliphatic heterocycles. The smallest absolute Gasteiger partial charge is 0.168 e. The number of nitriles is 1. The Morgan fingerprint density at radius 1 is 1.05 bits per heavy atom. The largest absolute Gasteiger partial charge is 0.387 e. The van der Waals surface area contributed by atoms with Crippen LogP contribution in [0.4, 0.5) is 5.82 Å². The predicted molar refractivity (Wildman–Crippen MR) is 136 cm³/mol. The van der Waals surface area contributed by atoms with Gasteiger partial charge >= 0.3 is 0 Å². The zero-order valence-electron chi connectivity index (χ0n) is 20.3. The average Bonchev–Trinajstić information content (AvgIpc) is 3.47. The number of nitrogens with one attached hydrogen (secondary N) is 1. The fraction of sp³-hybridized carbons (Fsp3) is 0.333. The van der Waals surface area contributed by atoms with E-state index in [1.165, 1.54) is 13.4 Å². The molecular weight excluding hydrogens is 472 g/mol. The number of anilines is 1. The summed E-state index contributed by atoms with van der Waals surface area (Å²) in [6.45, 7) is 0.652. The van der Waals surface area contributed by atoms with Gasteiger partial charge < -0.3 is 25.0 Å². The van der Waals surface area contributed by atoms with Crippen LogP contribution < -0.4 is 5.32 Å². The summed E-state index contributed by atoms with van der Waals surface area (Å²) < 4.78 is 12.6. The van der Waals surface area contributed by atoms with Crippen LogP contribution >= 0.6 is 0 Å². The highest BCUT2D eigenvalue weighted by Gasteiger charge is 2.44. The van der Waals surface area contributed by atoms with Gasteiger partial charge in [-0.1, -0.05) is 60.7 Å². The van der Waals surface area contributed by atoms with E-state index in [2.05, 4.69) is 50.6 Å². The lowest BCUT2D eigenvalue weighted by Gasteiger charge is -2.20. The Kier molecular flexibility index (Phi) is 7.39. The van der Waals surface area contributed by atoms with Crippen molar-refractivity contribution in [3.05, 3.63) is 83.9 Å². The first-order valence-electron chi connectivity index (χ1n) is 12.1. The second-order valence-corrected chi connectivity index (χ2v) is 8.90. The van der Waals surface area contributed by atoms with Gasteiger partial charge in [0.1, 0.15) is 24.1 Å². The molecule has 10 nitrogen and oxygen atoms in total. The van der Waals surface area contributed by atoms with E-state index >= 15 is 0 Å². The lowest BCUT2D eigenvalue weighted by atomic mass is 9.91. The normalized spacial score (nSPS) is 21.4. The molecule has 37 heavy (non-hydrogen) atoms. The second-order valence-electron chi connectivity index (χ2n) is 8.90. The van der Waals surface area contributed by atoms with Crippen molar-refractivity contribution in [3.8, 4) is 6.07 Å². The van der Waals surface area contributed by atoms with Crippen molar-refractivity contribution in [2.45, 2.75) is 36.9 Å². The van der Waals surface area contributed by atoms with Crippen molar-refractivity contribution in [1.82, 2.24) is 19.5 Å². The third-order valence-electron chi connectivity index (χ3n) is 6.52. The Morgan fingerprint density at radius 3 is 2.35 bits per heavy atom. The van der Waals surface area contributed by atoms with Gasteiger partial charge in [-0.2, -0.15) is 5.26 Å². The van der Waals surface area contributed by atoms with Gasteiger partial charge in [-0.05, 0) is 11.1 Å². The number of aliphatic hydroxyl groups is 2. The van der Waals surface area contributed by atoms with Crippen LogP contribution in [0.15, 0.2) is 67.0 Å². The quantitative estimate of drug-likeness (QED) is 0.316. The highest BCUT2D eigenvalue weighted by Crippen LogP contribution is 2.33.